The summed E-state index contributed by atoms with van der Waals surface area (Å²) >= 11 is 7.32. The van der Waals surface area contributed by atoms with Crippen molar-refractivity contribution in [2.75, 3.05) is 5.73 Å². The number of hydrogen-bond acceptors (Lipinski definition) is 3. The molecule has 4 heteroatoms. The third kappa shape index (κ3) is 1.24. The average molecular weight is 209 g/mol. The van der Waals surface area contributed by atoms with Gasteiger partial charge in [-0.1, -0.05) is 11.6 Å². The molecule has 0 amide bonds. The molecule has 0 bridgehead atoms. The lowest BCUT2D eigenvalue weighted by Gasteiger charge is -1.91. The van der Waals surface area contributed by atoms with E-state index in [1.165, 1.54) is 11.3 Å². The van der Waals surface area contributed by atoms with Gasteiger partial charge in [0.1, 0.15) is 10.9 Å². The smallest absolute Gasteiger partial charge is 0.124 e. The van der Waals surface area contributed by atoms with Crippen LogP contribution in [0.15, 0.2) is 18.2 Å². The number of fused-ring (bicyclic) bond motifs is 1. The zero-order chi connectivity index (χ0) is 9.42. The number of halogens is 1. The Labute approximate surface area is 84.2 Å². The first-order valence-corrected chi connectivity index (χ1v) is 4.79. The van der Waals surface area contributed by atoms with Crippen molar-refractivity contribution in [3.05, 3.63) is 28.1 Å². The molecule has 2 N–H and O–H groups in total. The van der Waals surface area contributed by atoms with Crippen molar-refractivity contribution in [1.29, 1.82) is 5.26 Å². The Hall–Kier alpha value is -1.24. The maximum atomic E-state index is 8.73. The van der Waals surface area contributed by atoms with Gasteiger partial charge in [0.2, 0.25) is 0 Å². The van der Waals surface area contributed by atoms with E-state index in [-0.39, 0.29) is 0 Å². The lowest BCUT2D eigenvalue weighted by atomic mass is 10.2. The lowest BCUT2D eigenvalue weighted by Crippen LogP contribution is -1.80. The van der Waals surface area contributed by atoms with Crippen LogP contribution in [0.3, 0.4) is 0 Å². The zero-order valence-electron chi connectivity index (χ0n) is 6.54. The first kappa shape index (κ1) is 8.36. The van der Waals surface area contributed by atoms with Crippen molar-refractivity contribution in [2.45, 2.75) is 0 Å². The van der Waals surface area contributed by atoms with E-state index in [0.29, 0.717) is 15.6 Å². The number of thiophene rings is 1. The maximum absolute atomic E-state index is 8.73. The first-order valence-electron chi connectivity index (χ1n) is 3.60. The van der Waals surface area contributed by atoms with Crippen LogP contribution in [0.4, 0.5) is 5.69 Å². The molecular weight excluding hydrogens is 204 g/mol. The summed E-state index contributed by atoms with van der Waals surface area (Å²) in [5, 5.41) is 10.2. The monoisotopic (exact) mass is 208 g/mol. The summed E-state index contributed by atoms with van der Waals surface area (Å²) in [5.41, 5.74) is 6.30. The fourth-order valence-electron chi connectivity index (χ4n) is 1.15. The van der Waals surface area contributed by atoms with Crippen LogP contribution in [-0.4, -0.2) is 0 Å². The van der Waals surface area contributed by atoms with E-state index in [4.69, 9.17) is 22.6 Å². The molecule has 1 aromatic heterocycles. The summed E-state index contributed by atoms with van der Waals surface area (Å²) < 4.78 is 0.960. The van der Waals surface area contributed by atoms with E-state index >= 15 is 0 Å². The summed E-state index contributed by atoms with van der Waals surface area (Å²) in [6.45, 7) is 0. The Morgan fingerprint density at radius 3 is 2.92 bits per heavy atom. The Balaban J connectivity index is 2.86. The number of nitrogen functional groups attached to an aromatic ring is 1. The molecule has 2 aromatic rings. The quantitative estimate of drug-likeness (QED) is 0.677. The SMILES string of the molecule is N#Cc1sc2cc(N)ccc2c1Cl. The molecule has 2 nitrogen and oxygen atoms in total. The van der Waals surface area contributed by atoms with Crippen LogP contribution in [0.2, 0.25) is 5.02 Å². The van der Waals surface area contributed by atoms with Crippen LogP contribution in [0.5, 0.6) is 0 Å². The molecule has 2 rings (SSSR count). The van der Waals surface area contributed by atoms with Crippen molar-refractivity contribution in [2.24, 2.45) is 0 Å². The molecule has 64 valence electrons. The summed E-state index contributed by atoms with van der Waals surface area (Å²) in [7, 11) is 0. The molecule has 0 saturated carbocycles. The largest absolute Gasteiger partial charge is 0.399 e. The van der Waals surface area contributed by atoms with Gasteiger partial charge in [-0.2, -0.15) is 5.26 Å². The van der Waals surface area contributed by atoms with Crippen molar-refractivity contribution < 1.29 is 0 Å². The van der Waals surface area contributed by atoms with Crippen LogP contribution in [0.1, 0.15) is 4.88 Å². The molecule has 0 aliphatic carbocycles. The predicted molar refractivity (Wildman–Crippen MR) is 56.0 cm³/mol. The summed E-state index contributed by atoms with van der Waals surface area (Å²) in [6.07, 6.45) is 0. The minimum absolute atomic E-state index is 0.530. The summed E-state index contributed by atoms with van der Waals surface area (Å²) in [6, 6.07) is 7.49. The Bertz CT molecular complexity index is 510. The molecule has 0 spiro atoms. The number of rotatable bonds is 0. The number of benzene rings is 1. The lowest BCUT2D eigenvalue weighted by molar-refractivity contribution is 1.52. The van der Waals surface area contributed by atoms with Crippen LogP contribution >= 0.6 is 22.9 Å². The number of nitrogens with zero attached hydrogens (tertiary/aromatic N) is 1. The number of nitrogens with two attached hydrogens (primary N) is 1. The minimum Gasteiger partial charge on any atom is -0.399 e. The molecule has 0 saturated heterocycles. The highest BCUT2D eigenvalue weighted by Gasteiger charge is 2.08. The van der Waals surface area contributed by atoms with Gasteiger partial charge in [-0.05, 0) is 18.2 Å². The molecule has 1 heterocycles. The second-order valence-electron chi connectivity index (χ2n) is 2.61. The highest BCUT2D eigenvalue weighted by molar-refractivity contribution is 7.20. The molecule has 0 atom stereocenters. The Morgan fingerprint density at radius 1 is 1.46 bits per heavy atom. The van der Waals surface area contributed by atoms with E-state index in [0.717, 1.165) is 10.1 Å². The van der Waals surface area contributed by atoms with Gasteiger partial charge in [-0.15, -0.1) is 11.3 Å². The van der Waals surface area contributed by atoms with Gasteiger partial charge in [-0.25, -0.2) is 0 Å². The summed E-state index contributed by atoms with van der Waals surface area (Å²) in [4.78, 5) is 0.544. The third-order valence-corrected chi connectivity index (χ3v) is 3.32. The van der Waals surface area contributed by atoms with Crippen LogP contribution in [0, 0.1) is 11.3 Å². The van der Waals surface area contributed by atoms with Crippen molar-refractivity contribution in [3.8, 4) is 6.07 Å². The fourth-order valence-corrected chi connectivity index (χ4v) is 2.47. The van der Waals surface area contributed by atoms with Gasteiger partial charge in [0.15, 0.2) is 0 Å². The van der Waals surface area contributed by atoms with Crippen LogP contribution in [0.25, 0.3) is 10.1 Å². The second kappa shape index (κ2) is 2.91. The Kier molecular flexibility index (Phi) is 1.87. The maximum Gasteiger partial charge on any atom is 0.124 e. The number of anilines is 1. The third-order valence-electron chi connectivity index (χ3n) is 1.76. The molecule has 1 aromatic carbocycles. The molecule has 0 aliphatic rings. The molecule has 13 heavy (non-hydrogen) atoms. The van der Waals surface area contributed by atoms with Gasteiger partial charge in [-0.3, -0.25) is 0 Å². The van der Waals surface area contributed by atoms with Gasteiger partial charge in [0.25, 0.3) is 0 Å². The Morgan fingerprint density at radius 2 is 2.23 bits per heavy atom. The zero-order valence-corrected chi connectivity index (χ0v) is 8.12. The van der Waals surface area contributed by atoms with E-state index in [1.54, 1.807) is 6.07 Å². The molecule has 0 unspecified atom stereocenters. The van der Waals surface area contributed by atoms with Crippen LogP contribution in [-0.2, 0) is 0 Å². The van der Waals surface area contributed by atoms with Crippen molar-refractivity contribution in [1.82, 2.24) is 0 Å². The van der Waals surface area contributed by atoms with Crippen molar-refractivity contribution >= 4 is 38.7 Å². The summed E-state index contributed by atoms with van der Waals surface area (Å²) in [5.74, 6) is 0. The highest BCUT2D eigenvalue weighted by Crippen LogP contribution is 2.35. The van der Waals surface area contributed by atoms with Gasteiger partial charge in [0, 0.05) is 15.8 Å². The standard InChI is InChI=1S/C9H5ClN2S/c10-9-6-2-1-5(12)3-7(6)13-8(9)4-11/h1-3H,12H2. The van der Waals surface area contributed by atoms with E-state index in [9.17, 15) is 0 Å². The number of nitriles is 1. The molecular formula is C9H5ClN2S. The minimum atomic E-state index is 0.530. The highest BCUT2D eigenvalue weighted by atomic mass is 35.5. The first-order chi connectivity index (χ1) is 6.22. The van der Waals surface area contributed by atoms with Gasteiger partial charge in [0.05, 0.1) is 5.02 Å². The van der Waals surface area contributed by atoms with E-state index in [2.05, 4.69) is 0 Å². The van der Waals surface area contributed by atoms with E-state index in [1.807, 2.05) is 18.2 Å². The second-order valence-corrected chi connectivity index (χ2v) is 4.04. The average Bonchev–Trinajstić information content (AvgIpc) is 2.42. The predicted octanol–water partition coefficient (Wildman–Crippen LogP) is 3.01. The van der Waals surface area contributed by atoms with Gasteiger partial charge >= 0.3 is 0 Å². The van der Waals surface area contributed by atoms with Crippen LogP contribution < -0.4 is 5.73 Å². The van der Waals surface area contributed by atoms with Gasteiger partial charge < -0.3 is 5.73 Å². The topological polar surface area (TPSA) is 49.8 Å². The molecule has 0 radical (unpaired) electrons. The normalized spacial score (nSPS) is 10.2. The molecule has 0 aliphatic heterocycles. The van der Waals surface area contributed by atoms with Crippen molar-refractivity contribution in [3.63, 3.8) is 0 Å². The number of hydrogen-bond donors (Lipinski definition) is 1. The molecule has 0 fully saturated rings. The fraction of sp³-hybridized carbons (Fsp3) is 0. The van der Waals surface area contributed by atoms with E-state index < -0.39 is 0 Å².